The lowest BCUT2D eigenvalue weighted by atomic mass is 10.2. The van der Waals surface area contributed by atoms with Crippen LogP contribution < -0.4 is 0 Å². The molecule has 1 aromatic carbocycles. The average molecular weight is 198 g/mol. The number of carbonyl (C=O) groups is 1. The third kappa shape index (κ3) is 1.95. The molecule has 0 bridgehead atoms. The number of hydrogen-bond donors (Lipinski definition) is 1. The van der Waals surface area contributed by atoms with Crippen molar-refractivity contribution >= 4 is 17.7 Å². The summed E-state index contributed by atoms with van der Waals surface area (Å²) in [6, 6.07) is 4.98. The van der Waals surface area contributed by atoms with Gasteiger partial charge in [-0.3, -0.25) is 0 Å². The van der Waals surface area contributed by atoms with E-state index in [1.807, 2.05) is 6.26 Å². The topological polar surface area (TPSA) is 46.5 Å². The van der Waals surface area contributed by atoms with Crippen LogP contribution in [0.4, 0.5) is 0 Å². The number of hydrogen-bond acceptors (Lipinski definition) is 4. The van der Waals surface area contributed by atoms with Crippen LogP contribution in [0.3, 0.4) is 0 Å². The van der Waals surface area contributed by atoms with E-state index >= 15 is 0 Å². The molecule has 0 saturated heterocycles. The molecule has 0 atom stereocenters. The van der Waals surface area contributed by atoms with Crippen molar-refractivity contribution in [1.82, 2.24) is 0 Å². The highest BCUT2D eigenvalue weighted by Gasteiger charge is 2.13. The number of benzene rings is 1. The van der Waals surface area contributed by atoms with E-state index in [0.717, 1.165) is 0 Å². The lowest BCUT2D eigenvalue weighted by Crippen LogP contribution is -2.01. The Labute approximate surface area is 80.7 Å². The molecular weight excluding hydrogens is 188 g/mol. The Morgan fingerprint density at radius 1 is 1.54 bits per heavy atom. The first kappa shape index (κ1) is 9.92. The van der Waals surface area contributed by atoms with Crippen LogP contribution >= 0.6 is 11.8 Å². The number of aromatic hydroxyl groups is 1. The van der Waals surface area contributed by atoms with E-state index in [9.17, 15) is 9.90 Å². The lowest BCUT2D eigenvalue weighted by molar-refractivity contribution is 0.0597. The first-order valence-corrected chi connectivity index (χ1v) is 4.87. The second-order valence-electron chi connectivity index (χ2n) is 2.35. The first-order chi connectivity index (χ1) is 6.20. The van der Waals surface area contributed by atoms with E-state index in [0.29, 0.717) is 4.90 Å². The number of rotatable bonds is 2. The fourth-order valence-corrected chi connectivity index (χ4v) is 1.48. The second-order valence-corrected chi connectivity index (χ2v) is 3.20. The fraction of sp³-hybridized carbons (Fsp3) is 0.222. The summed E-state index contributed by atoms with van der Waals surface area (Å²) >= 11 is 1.38. The van der Waals surface area contributed by atoms with Gasteiger partial charge >= 0.3 is 5.97 Å². The molecule has 3 nitrogen and oxygen atoms in total. The Morgan fingerprint density at radius 2 is 2.23 bits per heavy atom. The van der Waals surface area contributed by atoms with Gasteiger partial charge < -0.3 is 9.84 Å². The van der Waals surface area contributed by atoms with E-state index in [4.69, 9.17) is 0 Å². The van der Waals surface area contributed by atoms with Crippen molar-refractivity contribution in [3.8, 4) is 5.75 Å². The minimum absolute atomic E-state index is 0.0122. The summed E-state index contributed by atoms with van der Waals surface area (Å²) in [5.74, 6) is -0.532. The molecule has 0 unspecified atom stereocenters. The van der Waals surface area contributed by atoms with E-state index in [1.165, 1.54) is 24.9 Å². The zero-order chi connectivity index (χ0) is 9.84. The van der Waals surface area contributed by atoms with Gasteiger partial charge in [-0.25, -0.2) is 4.79 Å². The number of para-hydroxylation sites is 1. The quantitative estimate of drug-likeness (QED) is 0.582. The van der Waals surface area contributed by atoms with Gasteiger partial charge in [0, 0.05) is 4.90 Å². The third-order valence-electron chi connectivity index (χ3n) is 1.62. The summed E-state index contributed by atoms with van der Waals surface area (Å²) in [5, 5.41) is 9.57. The van der Waals surface area contributed by atoms with Gasteiger partial charge in [-0.15, -0.1) is 11.8 Å². The van der Waals surface area contributed by atoms with Crippen LogP contribution in [0.2, 0.25) is 0 Å². The second kappa shape index (κ2) is 4.18. The molecule has 0 aliphatic heterocycles. The summed E-state index contributed by atoms with van der Waals surface area (Å²) in [5.41, 5.74) is 0.203. The molecular formula is C9H10O3S. The summed E-state index contributed by atoms with van der Waals surface area (Å²) in [4.78, 5) is 11.8. The molecule has 13 heavy (non-hydrogen) atoms. The normalized spacial score (nSPS) is 9.69. The zero-order valence-corrected chi connectivity index (χ0v) is 8.22. The van der Waals surface area contributed by atoms with Crippen LogP contribution in [-0.2, 0) is 4.74 Å². The van der Waals surface area contributed by atoms with Gasteiger partial charge in [-0.1, -0.05) is 6.07 Å². The van der Waals surface area contributed by atoms with Crippen molar-refractivity contribution in [2.45, 2.75) is 4.90 Å². The highest BCUT2D eigenvalue weighted by atomic mass is 32.2. The Hall–Kier alpha value is -1.16. The largest absolute Gasteiger partial charge is 0.506 e. The third-order valence-corrected chi connectivity index (χ3v) is 2.39. The Bertz CT molecular complexity index is 323. The molecule has 0 fully saturated rings. The van der Waals surface area contributed by atoms with Crippen LogP contribution in [0.1, 0.15) is 10.4 Å². The number of carbonyl (C=O) groups excluding carboxylic acids is 1. The Balaban J connectivity index is 3.15. The molecule has 0 saturated carbocycles. The molecule has 1 rings (SSSR count). The molecule has 0 aromatic heterocycles. The van der Waals surface area contributed by atoms with Gasteiger partial charge in [0.05, 0.1) is 7.11 Å². The number of ether oxygens (including phenoxy) is 1. The smallest absolute Gasteiger partial charge is 0.341 e. The molecule has 0 aliphatic carbocycles. The molecule has 0 amide bonds. The van der Waals surface area contributed by atoms with Crippen molar-refractivity contribution in [3.05, 3.63) is 23.8 Å². The maximum Gasteiger partial charge on any atom is 0.341 e. The van der Waals surface area contributed by atoms with Crippen molar-refractivity contribution in [2.24, 2.45) is 0 Å². The average Bonchev–Trinajstić information content (AvgIpc) is 2.17. The van der Waals surface area contributed by atoms with Crippen molar-refractivity contribution in [1.29, 1.82) is 0 Å². The van der Waals surface area contributed by atoms with Crippen LogP contribution in [0.15, 0.2) is 23.1 Å². The SMILES string of the molecule is COC(=O)c1cccc(SC)c1O. The summed E-state index contributed by atoms with van der Waals surface area (Å²) in [6.45, 7) is 0. The first-order valence-electron chi connectivity index (χ1n) is 3.65. The Kier molecular flexibility index (Phi) is 3.19. The minimum atomic E-state index is -0.520. The molecule has 1 N–H and O–H groups in total. The number of phenolic OH excluding ortho intramolecular Hbond substituents is 1. The molecule has 0 aliphatic rings. The highest BCUT2D eigenvalue weighted by molar-refractivity contribution is 7.98. The van der Waals surface area contributed by atoms with Crippen LogP contribution in [0, 0.1) is 0 Å². The lowest BCUT2D eigenvalue weighted by Gasteiger charge is -2.05. The number of thioether (sulfide) groups is 1. The summed E-state index contributed by atoms with van der Waals surface area (Å²) in [6.07, 6.45) is 1.83. The van der Waals surface area contributed by atoms with Crippen LogP contribution in [-0.4, -0.2) is 24.4 Å². The predicted molar refractivity (Wildman–Crippen MR) is 51.2 cm³/mol. The van der Waals surface area contributed by atoms with Crippen molar-refractivity contribution < 1.29 is 14.6 Å². The van der Waals surface area contributed by atoms with E-state index in [-0.39, 0.29) is 11.3 Å². The fourth-order valence-electron chi connectivity index (χ4n) is 0.962. The van der Waals surface area contributed by atoms with Gasteiger partial charge in [-0.2, -0.15) is 0 Å². The molecule has 0 heterocycles. The van der Waals surface area contributed by atoms with Gasteiger partial charge in [0.25, 0.3) is 0 Å². The highest BCUT2D eigenvalue weighted by Crippen LogP contribution is 2.29. The maximum atomic E-state index is 11.1. The molecule has 0 spiro atoms. The number of methoxy groups -OCH3 is 1. The van der Waals surface area contributed by atoms with Crippen LogP contribution in [0.5, 0.6) is 5.75 Å². The predicted octanol–water partition coefficient (Wildman–Crippen LogP) is 1.90. The minimum Gasteiger partial charge on any atom is -0.506 e. The molecule has 0 radical (unpaired) electrons. The van der Waals surface area contributed by atoms with Crippen LogP contribution in [0.25, 0.3) is 0 Å². The van der Waals surface area contributed by atoms with Crippen molar-refractivity contribution in [2.75, 3.05) is 13.4 Å². The molecule has 1 aromatic rings. The molecule has 4 heteroatoms. The number of esters is 1. The van der Waals surface area contributed by atoms with E-state index < -0.39 is 5.97 Å². The van der Waals surface area contributed by atoms with Crippen molar-refractivity contribution in [3.63, 3.8) is 0 Å². The summed E-state index contributed by atoms with van der Waals surface area (Å²) in [7, 11) is 1.29. The van der Waals surface area contributed by atoms with Gasteiger partial charge in [-0.05, 0) is 18.4 Å². The van der Waals surface area contributed by atoms with Gasteiger partial charge in [0.15, 0.2) is 0 Å². The number of phenols is 1. The standard InChI is InChI=1S/C9H10O3S/c1-12-9(11)6-4-3-5-7(13-2)8(6)10/h3-5,10H,1-2H3. The molecule has 70 valence electrons. The van der Waals surface area contributed by atoms with Gasteiger partial charge in [0.2, 0.25) is 0 Å². The maximum absolute atomic E-state index is 11.1. The van der Waals surface area contributed by atoms with E-state index in [1.54, 1.807) is 12.1 Å². The Morgan fingerprint density at radius 3 is 2.77 bits per heavy atom. The monoisotopic (exact) mass is 198 g/mol. The summed E-state index contributed by atoms with van der Waals surface area (Å²) < 4.78 is 4.51. The van der Waals surface area contributed by atoms with E-state index in [2.05, 4.69) is 4.74 Å². The zero-order valence-electron chi connectivity index (χ0n) is 7.40. The van der Waals surface area contributed by atoms with Gasteiger partial charge in [0.1, 0.15) is 11.3 Å².